The number of anilines is 1. The van der Waals surface area contributed by atoms with Crippen LogP contribution in [0.5, 0.6) is 0 Å². The number of carbonyl (C=O) groups excluding carboxylic acids is 3. The molecule has 2 aliphatic heterocycles. The van der Waals surface area contributed by atoms with Crippen LogP contribution in [0, 0.1) is 0 Å². The van der Waals surface area contributed by atoms with Crippen molar-refractivity contribution in [2.75, 3.05) is 4.90 Å². The molecule has 3 amide bonds. The molecule has 2 aliphatic rings. The lowest BCUT2D eigenvalue weighted by Gasteiger charge is -2.30. The van der Waals surface area contributed by atoms with E-state index in [9.17, 15) is 14.4 Å². The third-order valence-corrected chi connectivity index (χ3v) is 6.46. The Morgan fingerprint density at radius 1 is 0.875 bits per heavy atom. The predicted octanol–water partition coefficient (Wildman–Crippen LogP) is 5.16. The number of nitrogens with zero attached hydrogens (tertiary/aromatic N) is 1. The average molecular weight is 441 g/mol. The van der Waals surface area contributed by atoms with E-state index in [1.54, 1.807) is 6.08 Å². The van der Waals surface area contributed by atoms with Crippen molar-refractivity contribution < 1.29 is 14.4 Å². The number of hydrogen-bond acceptors (Lipinski definition) is 4. The van der Waals surface area contributed by atoms with Gasteiger partial charge in [0.05, 0.1) is 11.4 Å². The molecule has 5 nitrogen and oxygen atoms in total. The summed E-state index contributed by atoms with van der Waals surface area (Å²) in [5, 5.41) is 1.90. The van der Waals surface area contributed by atoms with Gasteiger partial charge in [-0.05, 0) is 58.1 Å². The minimum Gasteiger partial charge on any atom is -0.308 e. The second kappa shape index (κ2) is 8.48. The first-order valence-corrected chi connectivity index (χ1v) is 11.2. The van der Waals surface area contributed by atoms with Gasteiger partial charge in [-0.2, -0.15) is 0 Å². The lowest BCUT2D eigenvalue weighted by atomic mass is 9.97. The summed E-state index contributed by atoms with van der Waals surface area (Å²) < 4.78 is 0. The van der Waals surface area contributed by atoms with Crippen molar-refractivity contribution in [3.8, 4) is 11.1 Å². The van der Waals surface area contributed by atoms with Gasteiger partial charge in [-0.25, -0.2) is 0 Å². The molecule has 5 rings (SSSR count). The third-order valence-electron chi connectivity index (χ3n) is 5.65. The maximum atomic E-state index is 12.8. The summed E-state index contributed by atoms with van der Waals surface area (Å²) in [7, 11) is 0. The minimum absolute atomic E-state index is 0.0811. The number of imide groups is 1. The molecule has 0 saturated carbocycles. The normalized spacial score (nSPS) is 16.9. The van der Waals surface area contributed by atoms with E-state index in [1.807, 2.05) is 41.3 Å². The first-order valence-electron chi connectivity index (χ1n) is 10.4. The molecule has 3 aromatic carbocycles. The van der Waals surface area contributed by atoms with E-state index >= 15 is 0 Å². The Labute approximate surface area is 190 Å². The largest absolute Gasteiger partial charge is 0.308 e. The van der Waals surface area contributed by atoms with Gasteiger partial charge in [0.15, 0.2) is 0 Å². The lowest BCUT2D eigenvalue weighted by Crippen LogP contribution is -2.34. The summed E-state index contributed by atoms with van der Waals surface area (Å²) in [6.45, 7) is 0.481. The van der Waals surface area contributed by atoms with Crippen LogP contribution in [-0.4, -0.2) is 17.1 Å². The van der Waals surface area contributed by atoms with Gasteiger partial charge >= 0.3 is 0 Å². The van der Waals surface area contributed by atoms with Gasteiger partial charge in [0.25, 0.3) is 11.1 Å². The molecular formula is C26H20N2O3S. The molecule has 0 unspecified atom stereocenters. The van der Waals surface area contributed by atoms with Gasteiger partial charge in [0.1, 0.15) is 0 Å². The number of thioether (sulfide) groups is 1. The predicted molar refractivity (Wildman–Crippen MR) is 127 cm³/mol. The van der Waals surface area contributed by atoms with Crippen molar-refractivity contribution in [1.82, 2.24) is 5.32 Å². The molecule has 6 heteroatoms. The number of aryl methyl sites for hydroxylation is 1. The van der Waals surface area contributed by atoms with E-state index in [0.717, 1.165) is 45.3 Å². The van der Waals surface area contributed by atoms with Gasteiger partial charge in [-0.3, -0.25) is 19.7 Å². The summed E-state index contributed by atoms with van der Waals surface area (Å²) in [6.07, 6.45) is 2.86. The van der Waals surface area contributed by atoms with Crippen molar-refractivity contribution >= 4 is 40.6 Å². The summed E-state index contributed by atoms with van der Waals surface area (Å²) >= 11 is 0.890. The van der Waals surface area contributed by atoms with Crippen LogP contribution in [0.2, 0.25) is 0 Å². The Morgan fingerprint density at radius 2 is 1.62 bits per heavy atom. The first kappa shape index (κ1) is 20.3. The molecule has 0 bridgehead atoms. The second-order valence-electron chi connectivity index (χ2n) is 7.78. The van der Waals surface area contributed by atoms with Crippen molar-refractivity contribution in [1.29, 1.82) is 0 Å². The summed E-state index contributed by atoms with van der Waals surface area (Å²) in [4.78, 5) is 38.3. The van der Waals surface area contributed by atoms with E-state index in [4.69, 9.17) is 0 Å². The number of nitrogens with one attached hydrogen (secondary N) is 1. The summed E-state index contributed by atoms with van der Waals surface area (Å²) in [5.74, 6) is -0.304. The molecule has 0 spiro atoms. The monoisotopic (exact) mass is 440 g/mol. The minimum atomic E-state index is -0.385. The Balaban J connectivity index is 1.42. The zero-order valence-corrected chi connectivity index (χ0v) is 18.0. The Kier molecular flexibility index (Phi) is 5.37. The molecule has 32 heavy (non-hydrogen) atoms. The number of fused-ring (bicyclic) bond motifs is 1. The smallest absolute Gasteiger partial charge is 0.290 e. The van der Waals surface area contributed by atoms with Crippen molar-refractivity contribution in [3.05, 3.63) is 94.4 Å². The number of amides is 3. The number of rotatable bonds is 4. The molecule has 2 heterocycles. The van der Waals surface area contributed by atoms with E-state index in [2.05, 4.69) is 41.7 Å². The van der Waals surface area contributed by atoms with Crippen LogP contribution in [0.1, 0.15) is 23.1 Å². The molecular weight excluding hydrogens is 420 g/mol. The van der Waals surface area contributed by atoms with E-state index in [1.165, 1.54) is 0 Å². The van der Waals surface area contributed by atoms with Crippen LogP contribution in [0.3, 0.4) is 0 Å². The van der Waals surface area contributed by atoms with Crippen LogP contribution >= 0.6 is 11.8 Å². The van der Waals surface area contributed by atoms with Gasteiger partial charge in [0.2, 0.25) is 5.91 Å². The molecule has 0 atom stereocenters. The van der Waals surface area contributed by atoms with Crippen LogP contribution < -0.4 is 10.2 Å². The zero-order chi connectivity index (χ0) is 22.1. The molecule has 1 N–H and O–H groups in total. The highest BCUT2D eigenvalue weighted by molar-refractivity contribution is 8.18. The standard InChI is InChI=1S/C26H20N2O3S/c29-24-13-12-21-11-8-18(15-23-25(30)27-26(31)32-23)14-22(21)28(24)16-17-6-9-20(10-7-17)19-4-2-1-3-5-19/h1-11,14-15H,12-13,16H2,(H,27,30,31)/b23-15-. The summed E-state index contributed by atoms with van der Waals surface area (Å²) in [5.41, 5.74) is 6.09. The van der Waals surface area contributed by atoms with Crippen LogP contribution in [0.15, 0.2) is 77.7 Å². The molecule has 3 aromatic rings. The summed E-state index contributed by atoms with van der Waals surface area (Å²) in [6, 6.07) is 24.3. The van der Waals surface area contributed by atoms with Crippen molar-refractivity contribution in [2.45, 2.75) is 19.4 Å². The highest BCUT2D eigenvalue weighted by atomic mass is 32.2. The topological polar surface area (TPSA) is 66.5 Å². The molecule has 0 aliphatic carbocycles. The Hall–Kier alpha value is -3.64. The van der Waals surface area contributed by atoms with Crippen LogP contribution in [0.4, 0.5) is 10.5 Å². The molecule has 1 fully saturated rings. The fourth-order valence-corrected chi connectivity index (χ4v) is 4.69. The fraction of sp³-hybridized carbons (Fsp3) is 0.115. The van der Waals surface area contributed by atoms with Gasteiger partial charge in [0, 0.05) is 12.1 Å². The third kappa shape index (κ3) is 4.09. The number of carbonyl (C=O) groups is 3. The lowest BCUT2D eigenvalue weighted by molar-refractivity contribution is -0.119. The van der Waals surface area contributed by atoms with E-state index in [-0.39, 0.29) is 17.1 Å². The Morgan fingerprint density at radius 3 is 2.34 bits per heavy atom. The van der Waals surface area contributed by atoms with Crippen LogP contribution in [0.25, 0.3) is 17.2 Å². The van der Waals surface area contributed by atoms with E-state index in [0.29, 0.717) is 24.3 Å². The second-order valence-corrected chi connectivity index (χ2v) is 8.80. The number of benzene rings is 3. The Bertz CT molecular complexity index is 1250. The maximum Gasteiger partial charge on any atom is 0.290 e. The quantitative estimate of drug-likeness (QED) is 0.570. The van der Waals surface area contributed by atoms with Crippen molar-refractivity contribution in [3.63, 3.8) is 0 Å². The SMILES string of the molecule is O=C1NC(=O)/C(=C/c2ccc3c(c2)N(Cc2ccc(-c4ccccc4)cc2)C(=O)CC3)S1. The zero-order valence-electron chi connectivity index (χ0n) is 17.2. The molecule has 0 aromatic heterocycles. The first-order chi connectivity index (χ1) is 15.6. The fourth-order valence-electron chi connectivity index (χ4n) is 4.01. The van der Waals surface area contributed by atoms with Crippen molar-refractivity contribution in [2.24, 2.45) is 0 Å². The highest BCUT2D eigenvalue weighted by Gasteiger charge is 2.27. The van der Waals surface area contributed by atoms with Gasteiger partial charge < -0.3 is 4.90 Å². The highest BCUT2D eigenvalue weighted by Crippen LogP contribution is 2.33. The molecule has 0 radical (unpaired) electrons. The molecule has 158 valence electrons. The van der Waals surface area contributed by atoms with Gasteiger partial charge in [-0.1, -0.05) is 66.7 Å². The maximum absolute atomic E-state index is 12.8. The van der Waals surface area contributed by atoms with Gasteiger partial charge in [-0.15, -0.1) is 0 Å². The van der Waals surface area contributed by atoms with Crippen LogP contribution in [-0.2, 0) is 22.6 Å². The average Bonchev–Trinajstić information content (AvgIpc) is 3.13. The number of hydrogen-bond donors (Lipinski definition) is 1. The molecule has 1 saturated heterocycles. The van der Waals surface area contributed by atoms with E-state index < -0.39 is 0 Å².